The fourth-order valence-electron chi connectivity index (χ4n) is 3.48. The maximum absolute atomic E-state index is 12.1. The van der Waals surface area contributed by atoms with Crippen LogP contribution in [0.2, 0.25) is 0 Å². The van der Waals surface area contributed by atoms with E-state index >= 15 is 0 Å². The van der Waals surface area contributed by atoms with Gasteiger partial charge in [0.15, 0.2) is 0 Å². The number of azo groups is 2. The molecule has 5 N–H and O–H groups in total. The molecule has 0 amide bonds. The third kappa shape index (κ3) is 6.32. The van der Waals surface area contributed by atoms with Crippen molar-refractivity contribution in [2.75, 3.05) is 0 Å². The minimum atomic E-state index is -4.70. The summed E-state index contributed by atoms with van der Waals surface area (Å²) in [5.74, 6) is -3.56. The van der Waals surface area contributed by atoms with Crippen LogP contribution in [0.3, 0.4) is 0 Å². The summed E-state index contributed by atoms with van der Waals surface area (Å²) in [4.78, 5) is 21.9. The SMILES string of the molecule is O=C(O)c1cc(/N=N/c2ccc(-c3ccc(/N=N/c4ccc(O)c(C(=O)O)c4)cc3S(=O)(=O)O)cc2)ccc1O. The first-order valence-corrected chi connectivity index (χ1v) is 12.5. The van der Waals surface area contributed by atoms with Gasteiger partial charge in [-0.25, -0.2) is 9.59 Å². The minimum Gasteiger partial charge on any atom is -0.507 e. The van der Waals surface area contributed by atoms with Gasteiger partial charge >= 0.3 is 11.9 Å². The van der Waals surface area contributed by atoms with Crippen molar-refractivity contribution in [3.8, 4) is 22.6 Å². The number of carbonyl (C=O) groups is 2. The van der Waals surface area contributed by atoms with Gasteiger partial charge in [-0.2, -0.15) is 28.9 Å². The zero-order valence-corrected chi connectivity index (χ0v) is 20.9. The number of hydrogen-bond donors (Lipinski definition) is 5. The Morgan fingerprint density at radius 2 is 0.975 bits per heavy atom. The summed E-state index contributed by atoms with van der Waals surface area (Å²) in [5, 5.41) is 53.1. The molecule has 0 atom stereocenters. The largest absolute Gasteiger partial charge is 0.507 e. The van der Waals surface area contributed by atoms with Crippen molar-refractivity contribution in [3.05, 3.63) is 90.0 Å². The maximum atomic E-state index is 12.1. The lowest BCUT2D eigenvalue weighted by Gasteiger charge is -2.08. The molecule has 4 aromatic carbocycles. The average molecular weight is 563 g/mol. The van der Waals surface area contributed by atoms with E-state index in [4.69, 9.17) is 10.2 Å². The molecule has 0 unspecified atom stereocenters. The predicted octanol–water partition coefficient (Wildman–Crippen LogP) is 6.24. The second-order valence-corrected chi connectivity index (χ2v) is 9.51. The molecule has 202 valence electrons. The van der Waals surface area contributed by atoms with Crippen molar-refractivity contribution in [2.45, 2.75) is 4.90 Å². The third-order valence-corrected chi connectivity index (χ3v) is 6.30. The minimum absolute atomic E-state index is 0.0429. The smallest absolute Gasteiger partial charge is 0.339 e. The highest BCUT2D eigenvalue weighted by atomic mass is 32.2. The van der Waals surface area contributed by atoms with E-state index < -0.39 is 38.5 Å². The van der Waals surface area contributed by atoms with Crippen molar-refractivity contribution in [2.24, 2.45) is 20.5 Å². The van der Waals surface area contributed by atoms with Gasteiger partial charge in [0.25, 0.3) is 10.1 Å². The van der Waals surface area contributed by atoms with Crippen LogP contribution in [0.25, 0.3) is 11.1 Å². The molecule has 0 saturated heterocycles. The molecule has 0 fully saturated rings. The number of carboxylic acids is 2. The van der Waals surface area contributed by atoms with E-state index in [0.29, 0.717) is 11.3 Å². The van der Waals surface area contributed by atoms with Gasteiger partial charge in [-0.05, 0) is 66.2 Å². The first-order valence-electron chi connectivity index (χ1n) is 11.1. The molecule has 0 aliphatic rings. The van der Waals surface area contributed by atoms with Crippen LogP contribution in [0, 0.1) is 0 Å². The molecular weight excluding hydrogens is 544 g/mol. The fourth-order valence-corrected chi connectivity index (χ4v) is 4.21. The topological polar surface area (TPSA) is 219 Å². The molecule has 0 aliphatic heterocycles. The summed E-state index contributed by atoms with van der Waals surface area (Å²) < 4.78 is 34.1. The van der Waals surface area contributed by atoms with E-state index in [2.05, 4.69) is 20.5 Å². The van der Waals surface area contributed by atoms with Gasteiger partial charge in [-0.3, -0.25) is 4.55 Å². The Bertz CT molecular complexity index is 1800. The van der Waals surface area contributed by atoms with Crippen LogP contribution in [0.15, 0.2) is 104 Å². The third-order valence-electron chi connectivity index (χ3n) is 5.40. The molecule has 0 saturated carbocycles. The number of benzene rings is 4. The average Bonchev–Trinajstić information content (AvgIpc) is 2.91. The molecule has 4 rings (SSSR count). The van der Waals surface area contributed by atoms with Crippen LogP contribution < -0.4 is 0 Å². The molecule has 0 aromatic heterocycles. The van der Waals surface area contributed by atoms with Crippen LogP contribution in [0.4, 0.5) is 22.7 Å². The highest BCUT2D eigenvalue weighted by molar-refractivity contribution is 7.86. The number of rotatable bonds is 8. The van der Waals surface area contributed by atoms with Gasteiger partial charge in [0.1, 0.15) is 27.5 Å². The van der Waals surface area contributed by atoms with Crippen LogP contribution in [0.1, 0.15) is 20.7 Å². The number of aromatic carboxylic acids is 2. The molecule has 0 spiro atoms. The Labute approximate surface area is 225 Å². The lowest BCUT2D eigenvalue weighted by molar-refractivity contribution is 0.0682. The van der Waals surface area contributed by atoms with Crippen molar-refractivity contribution in [1.29, 1.82) is 0 Å². The molecule has 4 aromatic rings. The van der Waals surface area contributed by atoms with Gasteiger partial charge in [-0.1, -0.05) is 18.2 Å². The molecule has 40 heavy (non-hydrogen) atoms. The summed E-state index contributed by atoms with van der Waals surface area (Å²) in [5.41, 5.74) is 0.489. The first kappa shape index (κ1) is 27.6. The summed E-state index contributed by atoms with van der Waals surface area (Å²) in [6.07, 6.45) is 0. The molecule has 0 bridgehead atoms. The van der Waals surface area contributed by atoms with E-state index in [1.807, 2.05) is 0 Å². The van der Waals surface area contributed by atoms with Gasteiger partial charge < -0.3 is 20.4 Å². The number of nitrogens with zero attached hydrogens (tertiary/aromatic N) is 4. The van der Waals surface area contributed by atoms with E-state index in [-0.39, 0.29) is 33.8 Å². The summed E-state index contributed by atoms with van der Waals surface area (Å²) in [6.45, 7) is 0. The zero-order valence-electron chi connectivity index (χ0n) is 20.1. The second-order valence-electron chi connectivity index (χ2n) is 8.12. The summed E-state index contributed by atoms with van der Waals surface area (Å²) in [7, 11) is -4.70. The molecule has 0 heterocycles. The van der Waals surface area contributed by atoms with Crippen LogP contribution in [-0.4, -0.2) is 45.3 Å². The molecule has 14 heteroatoms. The van der Waals surface area contributed by atoms with Crippen LogP contribution >= 0.6 is 0 Å². The number of carboxylic acid groups (broad SMARTS) is 2. The van der Waals surface area contributed by atoms with Crippen molar-refractivity contribution in [3.63, 3.8) is 0 Å². The van der Waals surface area contributed by atoms with Gasteiger partial charge in [-0.15, -0.1) is 0 Å². The van der Waals surface area contributed by atoms with E-state index in [1.165, 1.54) is 54.6 Å². The van der Waals surface area contributed by atoms with Gasteiger partial charge in [0.05, 0.1) is 22.7 Å². The molecule has 0 aliphatic carbocycles. The van der Waals surface area contributed by atoms with Crippen LogP contribution in [-0.2, 0) is 10.1 Å². The predicted molar refractivity (Wildman–Crippen MR) is 140 cm³/mol. The molecule has 0 radical (unpaired) electrons. The Hall–Kier alpha value is -5.47. The van der Waals surface area contributed by atoms with Crippen molar-refractivity contribution in [1.82, 2.24) is 0 Å². The molecular formula is C26H18N4O9S. The normalized spacial score (nSPS) is 11.7. The molecule has 13 nitrogen and oxygen atoms in total. The number of aromatic hydroxyl groups is 2. The van der Waals surface area contributed by atoms with E-state index in [1.54, 1.807) is 0 Å². The lowest BCUT2D eigenvalue weighted by atomic mass is 10.0. The first-order chi connectivity index (χ1) is 18.9. The van der Waals surface area contributed by atoms with Crippen molar-refractivity contribution < 1.29 is 43.0 Å². The van der Waals surface area contributed by atoms with E-state index in [9.17, 15) is 32.8 Å². The Kier molecular flexibility index (Phi) is 7.65. The highest BCUT2D eigenvalue weighted by Gasteiger charge is 2.18. The monoisotopic (exact) mass is 562 g/mol. The van der Waals surface area contributed by atoms with Gasteiger partial charge in [0.2, 0.25) is 0 Å². The summed E-state index contributed by atoms with van der Waals surface area (Å²) in [6, 6.07) is 17.3. The second kappa shape index (κ2) is 11.1. The van der Waals surface area contributed by atoms with E-state index in [0.717, 1.165) is 24.3 Å². The number of phenols is 2. The fraction of sp³-hybridized carbons (Fsp3) is 0. The Morgan fingerprint density at radius 3 is 1.43 bits per heavy atom. The Morgan fingerprint density at radius 1 is 0.575 bits per heavy atom. The Balaban J connectivity index is 1.60. The van der Waals surface area contributed by atoms with Crippen molar-refractivity contribution >= 4 is 44.8 Å². The summed E-state index contributed by atoms with van der Waals surface area (Å²) >= 11 is 0. The van der Waals surface area contributed by atoms with Gasteiger partial charge in [0, 0.05) is 5.56 Å². The quantitative estimate of drug-likeness (QED) is 0.121. The maximum Gasteiger partial charge on any atom is 0.339 e. The standard InChI is InChI=1S/C26H18N4O9S/c31-22-9-6-16(11-20(22)25(33)34)28-27-15-3-1-14(2-4-15)19-8-5-18(13-24(19)40(37,38)39)30-29-17-7-10-23(32)21(12-17)26(35)36/h1-13,31-32H,(H,33,34)(H,35,36)(H,37,38,39)/b28-27+,30-29+. The highest BCUT2D eigenvalue weighted by Crippen LogP contribution is 2.33. The van der Waals surface area contributed by atoms with Crippen LogP contribution in [0.5, 0.6) is 11.5 Å². The zero-order chi connectivity index (χ0) is 29.0. The lowest BCUT2D eigenvalue weighted by Crippen LogP contribution is -2.00. The number of hydrogen-bond acceptors (Lipinski definition) is 10.